The molecule has 0 fully saturated rings. The van der Waals surface area contributed by atoms with E-state index in [4.69, 9.17) is 4.74 Å². The van der Waals surface area contributed by atoms with Gasteiger partial charge < -0.3 is 15.4 Å². The van der Waals surface area contributed by atoms with Crippen molar-refractivity contribution in [1.82, 2.24) is 9.97 Å². The number of nitrogens with one attached hydrogen (secondary N) is 2. The van der Waals surface area contributed by atoms with Gasteiger partial charge in [0.2, 0.25) is 0 Å². The van der Waals surface area contributed by atoms with Crippen molar-refractivity contribution >= 4 is 11.6 Å². The summed E-state index contributed by atoms with van der Waals surface area (Å²) in [5, 5.41) is 6.35. The van der Waals surface area contributed by atoms with Gasteiger partial charge >= 0.3 is 0 Å². The molecule has 100 valence electrons. The summed E-state index contributed by atoms with van der Waals surface area (Å²) in [4.78, 5) is 8.41. The Bertz CT molecular complexity index is 540. The van der Waals surface area contributed by atoms with Crippen LogP contribution < -0.4 is 15.4 Å². The van der Waals surface area contributed by atoms with Crippen molar-refractivity contribution in [2.24, 2.45) is 0 Å². The second-order valence-corrected chi connectivity index (χ2v) is 4.15. The molecular formula is C14H18N4O. The number of anilines is 2. The zero-order valence-electron chi connectivity index (χ0n) is 11.4. The fraction of sp³-hybridized carbons (Fsp3) is 0.286. The Hall–Kier alpha value is -2.30. The molecule has 5 heteroatoms. The Morgan fingerprint density at radius 2 is 1.79 bits per heavy atom. The molecule has 0 saturated carbocycles. The van der Waals surface area contributed by atoms with Crippen LogP contribution in [-0.2, 0) is 6.54 Å². The van der Waals surface area contributed by atoms with Crippen molar-refractivity contribution in [2.75, 3.05) is 24.8 Å². The van der Waals surface area contributed by atoms with Gasteiger partial charge in [0.15, 0.2) is 0 Å². The third-order valence-electron chi connectivity index (χ3n) is 2.94. The summed E-state index contributed by atoms with van der Waals surface area (Å²) in [6.45, 7) is 2.70. The van der Waals surface area contributed by atoms with E-state index in [1.54, 1.807) is 13.4 Å². The van der Waals surface area contributed by atoms with E-state index < -0.39 is 0 Å². The first kappa shape index (κ1) is 13.1. The third kappa shape index (κ3) is 3.13. The number of ether oxygens (including phenoxy) is 1. The van der Waals surface area contributed by atoms with Crippen molar-refractivity contribution in [3.63, 3.8) is 0 Å². The minimum atomic E-state index is 0.713. The molecule has 0 aliphatic heterocycles. The van der Waals surface area contributed by atoms with Crippen molar-refractivity contribution in [3.8, 4) is 5.75 Å². The van der Waals surface area contributed by atoms with E-state index in [0.29, 0.717) is 6.54 Å². The molecular weight excluding hydrogens is 240 g/mol. The minimum absolute atomic E-state index is 0.713. The quantitative estimate of drug-likeness (QED) is 0.862. The number of rotatable bonds is 5. The Balaban J connectivity index is 2.05. The van der Waals surface area contributed by atoms with E-state index in [1.807, 2.05) is 38.2 Å². The lowest BCUT2D eigenvalue weighted by molar-refractivity contribution is 0.414. The van der Waals surface area contributed by atoms with Crippen LogP contribution in [0.25, 0.3) is 0 Å². The molecule has 0 aliphatic rings. The van der Waals surface area contributed by atoms with Crippen LogP contribution in [0.2, 0.25) is 0 Å². The number of hydrogen-bond acceptors (Lipinski definition) is 5. The second-order valence-electron chi connectivity index (χ2n) is 4.15. The Labute approximate surface area is 113 Å². The van der Waals surface area contributed by atoms with Crippen LogP contribution in [0.3, 0.4) is 0 Å². The van der Waals surface area contributed by atoms with Crippen LogP contribution in [0.1, 0.15) is 11.1 Å². The first-order valence-electron chi connectivity index (χ1n) is 6.10. The highest BCUT2D eigenvalue weighted by Gasteiger charge is 2.05. The van der Waals surface area contributed by atoms with Gasteiger partial charge in [-0.05, 0) is 24.6 Å². The number of nitrogens with zero attached hydrogens (tertiary/aromatic N) is 2. The number of aromatic nitrogens is 2. The highest BCUT2D eigenvalue weighted by Crippen LogP contribution is 2.18. The van der Waals surface area contributed by atoms with Crippen molar-refractivity contribution in [2.45, 2.75) is 13.5 Å². The summed E-state index contributed by atoms with van der Waals surface area (Å²) < 4.78 is 5.13. The zero-order valence-corrected chi connectivity index (χ0v) is 11.4. The number of hydrogen-bond donors (Lipinski definition) is 2. The molecule has 1 heterocycles. The molecule has 0 unspecified atom stereocenters. The SMILES string of the molecule is CNc1ncnc(NCc2ccc(OC)cc2)c1C. The fourth-order valence-corrected chi connectivity index (χ4v) is 1.81. The van der Waals surface area contributed by atoms with Gasteiger partial charge in [-0.1, -0.05) is 12.1 Å². The summed E-state index contributed by atoms with van der Waals surface area (Å²) in [5.41, 5.74) is 2.18. The van der Waals surface area contributed by atoms with E-state index in [2.05, 4.69) is 20.6 Å². The Morgan fingerprint density at radius 1 is 1.11 bits per heavy atom. The molecule has 0 saturated heterocycles. The molecule has 0 atom stereocenters. The lowest BCUT2D eigenvalue weighted by atomic mass is 10.2. The van der Waals surface area contributed by atoms with Crippen molar-refractivity contribution < 1.29 is 4.74 Å². The highest BCUT2D eigenvalue weighted by molar-refractivity contribution is 5.56. The first-order chi connectivity index (χ1) is 9.24. The zero-order chi connectivity index (χ0) is 13.7. The minimum Gasteiger partial charge on any atom is -0.497 e. The van der Waals surface area contributed by atoms with Gasteiger partial charge in [0.1, 0.15) is 23.7 Å². The summed E-state index contributed by atoms with van der Waals surface area (Å²) in [7, 11) is 3.51. The molecule has 19 heavy (non-hydrogen) atoms. The standard InChI is InChI=1S/C14H18N4O/c1-10-13(15-2)17-9-18-14(10)16-8-11-4-6-12(19-3)7-5-11/h4-7,9H,8H2,1-3H3,(H2,15,16,17,18). The van der Waals surface area contributed by atoms with Crippen LogP contribution in [-0.4, -0.2) is 24.1 Å². The average Bonchev–Trinajstić information content (AvgIpc) is 2.47. The molecule has 2 rings (SSSR count). The lowest BCUT2D eigenvalue weighted by Gasteiger charge is -2.11. The Kier molecular flexibility index (Phi) is 4.18. The van der Waals surface area contributed by atoms with Crippen LogP contribution >= 0.6 is 0 Å². The average molecular weight is 258 g/mol. The summed E-state index contributed by atoms with van der Waals surface area (Å²) in [6, 6.07) is 7.95. The molecule has 2 aromatic rings. The van der Waals surface area contributed by atoms with Crippen LogP contribution in [0.5, 0.6) is 5.75 Å². The van der Waals surface area contributed by atoms with Gasteiger partial charge in [-0.25, -0.2) is 9.97 Å². The van der Waals surface area contributed by atoms with E-state index in [-0.39, 0.29) is 0 Å². The molecule has 1 aromatic carbocycles. The molecule has 0 spiro atoms. The predicted molar refractivity (Wildman–Crippen MR) is 76.6 cm³/mol. The largest absolute Gasteiger partial charge is 0.497 e. The molecule has 0 aliphatic carbocycles. The van der Waals surface area contributed by atoms with Crippen LogP contribution in [0.15, 0.2) is 30.6 Å². The molecule has 2 N–H and O–H groups in total. The smallest absolute Gasteiger partial charge is 0.134 e. The van der Waals surface area contributed by atoms with E-state index in [1.165, 1.54) is 5.56 Å². The molecule has 0 radical (unpaired) electrons. The second kappa shape index (κ2) is 6.04. The predicted octanol–water partition coefficient (Wildman–Crippen LogP) is 2.45. The molecule has 1 aromatic heterocycles. The Morgan fingerprint density at radius 3 is 2.42 bits per heavy atom. The number of methoxy groups -OCH3 is 1. The number of benzene rings is 1. The van der Waals surface area contributed by atoms with Gasteiger partial charge in [-0.3, -0.25) is 0 Å². The van der Waals surface area contributed by atoms with Gasteiger partial charge in [0.25, 0.3) is 0 Å². The van der Waals surface area contributed by atoms with Crippen molar-refractivity contribution in [3.05, 3.63) is 41.7 Å². The van der Waals surface area contributed by atoms with E-state index in [0.717, 1.165) is 22.9 Å². The molecule has 0 amide bonds. The van der Waals surface area contributed by atoms with Crippen molar-refractivity contribution in [1.29, 1.82) is 0 Å². The van der Waals surface area contributed by atoms with Gasteiger partial charge in [0.05, 0.1) is 7.11 Å². The normalized spacial score (nSPS) is 10.1. The maximum absolute atomic E-state index is 5.13. The first-order valence-corrected chi connectivity index (χ1v) is 6.10. The molecule has 5 nitrogen and oxygen atoms in total. The fourth-order valence-electron chi connectivity index (χ4n) is 1.81. The maximum atomic E-state index is 5.13. The lowest BCUT2D eigenvalue weighted by Crippen LogP contribution is -2.06. The summed E-state index contributed by atoms with van der Waals surface area (Å²) >= 11 is 0. The van der Waals surface area contributed by atoms with E-state index >= 15 is 0 Å². The maximum Gasteiger partial charge on any atom is 0.134 e. The summed E-state index contributed by atoms with van der Waals surface area (Å²) in [6.07, 6.45) is 1.55. The third-order valence-corrected chi connectivity index (χ3v) is 2.94. The molecule has 0 bridgehead atoms. The highest BCUT2D eigenvalue weighted by atomic mass is 16.5. The van der Waals surface area contributed by atoms with Gasteiger partial charge in [-0.2, -0.15) is 0 Å². The monoisotopic (exact) mass is 258 g/mol. The summed E-state index contributed by atoms with van der Waals surface area (Å²) in [5.74, 6) is 2.54. The van der Waals surface area contributed by atoms with Gasteiger partial charge in [-0.15, -0.1) is 0 Å². The van der Waals surface area contributed by atoms with Gasteiger partial charge in [0, 0.05) is 19.2 Å². The van der Waals surface area contributed by atoms with E-state index in [9.17, 15) is 0 Å². The van der Waals surface area contributed by atoms with Crippen LogP contribution in [0.4, 0.5) is 11.6 Å². The topological polar surface area (TPSA) is 59.1 Å². The van der Waals surface area contributed by atoms with Crippen LogP contribution in [0, 0.1) is 6.92 Å².